The number of rotatable bonds is 3. The summed E-state index contributed by atoms with van der Waals surface area (Å²) in [6.45, 7) is 6.76. The molecule has 0 saturated carbocycles. The van der Waals surface area contributed by atoms with Gasteiger partial charge < -0.3 is 18.9 Å². The van der Waals surface area contributed by atoms with Crippen LogP contribution in [0, 0.1) is 12.7 Å². The molecule has 1 fully saturated rings. The second kappa shape index (κ2) is 8.06. The van der Waals surface area contributed by atoms with E-state index in [0.29, 0.717) is 30.8 Å². The number of aromatic nitrogens is 2. The molecule has 5 rings (SSSR count). The van der Waals surface area contributed by atoms with Gasteiger partial charge in [-0.3, -0.25) is 4.79 Å². The normalized spacial score (nSPS) is 20.8. The zero-order valence-electron chi connectivity index (χ0n) is 18.9. The Morgan fingerprint density at radius 3 is 2.79 bits per heavy atom. The SMILES string of the molecule is Cc1cn(-c2ccc(/C=C3\OC(C)(C)CN([C@H]4CCOc5ccccc54)C3=O)cc2F)cn1. The van der Waals surface area contributed by atoms with Crippen molar-refractivity contribution in [3.63, 3.8) is 0 Å². The van der Waals surface area contributed by atoms with E-state index in [9.17, 15) is 9.18 Å². The molecule has 6 nitrogen and oxygen atoms in total. The van der Waals surface area contributed by atoms with E-state index in [2.05, 4.69) is 4.98 Å². The van der Waals surface area contributed by atoms with Gasteiger partial charge in [-0.05, 0) is 50.6 Å². The fourth-order valence-corrected chi connectivity index (χ4v) is 4.51. The summed E-state index contributed by atoms with van der Waals surface area (Å²) in [4.78, 5) is 19.5. The zero-order chi connectivity index (χ0) is 23.2. The average Bonchev–Trinajstić information content (AvgIpc) is 3.21. The molecule has 7 heteroatoms. The molecule has 1 saturated heterocycles. The minimum atomic E-state index is -0.584. The number of para-hydroxylation sites is 1. The van der Waals surface area contributed by atoms with Crippen molar-refractivity contribution < 1.29 is 18.7 Å². The largest absolute Gasteiger partial charge is 0.493 e. The molecule has 3 aromatic rings. The molecule has 0 aliphatic carbocycles. The number of imidazole rings is 1. The highest BCUT2D eigenvalue weighted by molar-refractivity contribution is 5.97. The van der Waals surface area contributed by atoms with Crippen molar-refractivity contribution in [2.24, 2.45) is 0 Å². The summed E-state index contributed by atoms with van der Waals surface area (Å²) in [6, 6.07) is 12.6. The first-order chi connectivity index (χ1) is 15.8. The topological polar surface area (TPSA) is 56.6 Å². The molecule has 1 amide bonds. The molecular formula is C26H26FN3O3. The lowest BCUT2D eigenvalue weighted by Crippen LogP contribution is -2.52. The van der Waals surface area contributed by atoms with Gasteiger partial charge in [-0.25, -0.2) is 9.37 Å². The molecule has 0 bridgehead atoms. The molecule has 1 atom stereocenters. The molecule has 0 spiro atoms. The molecule has 0 unspecified atom stereocenters. The maximum absolute atomic E-state index is 14.9. The number of aryl methyl sites for hydroxylation is 1. The summed E-state index contributed by atoms with van der Waals surface area (Å²) >= 11 is 0. The molecule has 1 aromatic heterocycles. The first-order valence-electron chi connectivity index (χ1n) is 11.0. The number of morpholine rings is 1. The maximum atomic E-state index is 14.9. The van der Waals surface area contributed by atoms with Crippen LogP contribution in [0.5, 0.6) is 5.75 Å². The number of carbonyl (C=O) groups excluding carboxylic acids is 1. The van der Waals surface area contributed by atoms with Crippen LogP contribution in [0.15, 0.2) is 60.7 Å². The van der Waals surface area contributed by atoms with Crippen LogP contribution < -0.4 is 4.74 Å². The van der Waals surface area contributed by atoms with Crippen molar-refractivity contribution in [2.75, 3.05) is 13.2 Å². The van der Waals surface area contributed by atoms with Crippen molar-refractivity contribution >= 4 is 12.0 Å². The van der Waals surface area contributed by atoms with Crippen molar-refractivity contribution in [3.8, 4) is 11.4 Å². The summed E-state index contributed by atoms with van der Waals surface area (Å²) in [5.74, 6) is 0.412. The minimum absolute atomic E-state index is 0.0994. The first kappa shape index (κ1) is 21.2. The maximum Gasteiger partial charge on any atom is 0.289 e. The van der Waals surface area contributed by atoms with E-state index in [1.54, 1.807) is 35.3 Å². The van der Waals surface area contributed by atoms with Gasteiger partial charge in [0, 0.05) is 18.2 Å². The van der Waals surface area contributed by atoms with Crippen LogP contribution in [-0.2, 0) is 9.53 Å². The van der Waals surface area contributed by atoms with E-state index in [4.69, 9.17) is 9.47 Å². The number of hydrogen-bond acceptors (Lipinski definition) is 4. The molecule has 2 aliphatic rings. The van der Waals surface area contributed by atoms with Gasteiger partial charge in [0.1, 0.15) is 17.2 Å². The van der Waals surface area contributed by atoms with E-state index in [1.165, 1.54) is 6.07 Å². The monoisotopic (exact) mass is 447 g/mol. The highest BCUT2D eigenvalue weighted by Crippen LogP contribution is 2.39. The fourth-order valence-electron chi connectivity index (χ4n) is 4.51. The van der Waals surface area contributed by atoms with Crippen LogP contribution >= 0.6 is 0 Å². The predicted octanol–water partition coefficient (Wildman–Crippen LogP) is 4.82. The third-order valence-electron chi connectivity index (χ3n) is 5.97. The van der Waals surface area contributed by atoms with Gasteiger partial charge in [0.15, 0.2) is 5.76 Å². The fraction of sp³-hybridized carbons (Fsp3) is 0.308. The number of halogens is 1. The standard InChI is InChI=1S/C26H26FN3O3/c1-17-14-29(16-28-17)22-9-8-18(12-20(22)27)13-24-25(31)30(15-26(2,3)33-24)21-10-11-32-23-7-5-4-6-19(21)23/h4-9,12-14,16,21H,10-11,15H2,1-3H3/b24-13-/t21-/m0/s1. The van der Waals surface area contributed by atoms with Crippen molar-refractivity contribution in [3.05, 3.63) is 83.4 Å². The average molecular weight is 448 g/mol. The zero-order valence-corrected chi connectivity index (χ0v) is 18.9. The second-order valence-electron chi connectivity index (χ2n) is 9.13. The Hall–Kier alpha value is -3.61. The predicted molar refractivity (Wildman–Crippen MR) is 122 cm³/mol. The summed E-state index contributed by atoms with van der Waals surface area (Å²) in [7, 11) is 0. The Labute approximate surface area is 192 Å². The Balaban J connectivity index is 1.47. The lowest BCUT2D eigenvalue weighted by Gasteiger charge is -2.44. The summed E-state index contributed by atoms with van der Waals surface area (Å²) in [6.07, 6.45) is 5.66. The number of ether oxygens (including phenoxy) is 2. The highest BCUT2D eigenvalue weighted by Gasteiger charge is 2.41. The van der Waals surface area contributed by atoms with E-state index in [1.807, 2.05) is 49.9 Å². The number of hydrogen-bond donors (Lipinski definition) is 0. The van der Waals surface area contributed by atoms with Gasteiger partial charge in [-0.2, -0.15) is 0 Å². The molecule has 2 aliphatic heterocycles. The van der Waals surface area contributed by atoms with Gasteiger partial charge >= 0.3 is 0 Å². The van der Waals surface area contributed by atoms with Crippen molar-refractivity contribution in [1.29, 1.82) is 0 Å². The van der Waals surface area contributed by atoms with Crippen molar-refractivity contribution in [1.82, 2.24) is 14.5 Å². The molecule has 33 heavy (non-hydrogen) atoms. The second-order valence-corrected chi connectivity index (χ2v) is 9.13. The molecule has 0 radical (unpaired) electrons. The summed E-state index contributed by atoms with van der Waals surface area (Å²) < 4.78 is 28.3. The molecule has 3 heterocycles. The van der Waals surface area contributed by atoms with E-state index in [0.717, 1.165) is 17.0 Å². The summed E-state index contributed by atoms with van der Waals surface area (Å²) in [5.41, 5.74) is 2.18. The van der Waals surface area contributed by atoms with E-state index >= 15 is 0 Å². The van der Waals surface area contributed by atoms with Gasteiger partial charge in [-0.1, -0.05) is 24.3 Å². The van der Waals surface area contributed by atoms with Gasteiger partial charge in [-0.15, -0.1) is 0 Å². The van der Waals surface area contributed by atoms with E-state index in [-0.39, 0.29) is 17.7 Å². The van der Waals surface area contributed by atoms with Gasteiger partial charge in [0.2, 0.25) is 0 Å². The van der Waals surface area contributed by atoms with Crippen molar-refractivity contribution in [2.45, 2.75) is 38.8 Å². The van der Waals surface area contributed by atoms with Gasteiger partial charge in [0.05, 0.1) is 36.9 Å². The Bertz CT molecular complexity index is 1250. The highest BCUT2D eigenvalue weighted by atomic mass is 19.1. The summed E-state index contributed by atoms with van der Waals surface area (Å²) in [5, 5.41) is 0. The van der Waals surface area contributed by atoms with Crippen LogP contribution in [0.1, 0.15) is 43.1 Å². The van der Waals surface area contributed by atoms with Crippen LogP contribution in [0.2, 0.25) is 0 Å². The number of amides is 1. The van der Waals surface area contributed by atoms with Crippen LogP contribution in [0.4, 0.5) is 4.39 Å². The molecular weight excluding hydrogens is 421 g/mol. The Kier molecular flexibility index (Phi) is 5.19. The first-order valence-corrected chi connectivity index (χ1v) is 11.0. The smallest absolute Gasteiger partial charge is 0.289 e. The number of fused-ring (bicyclic) bond motifs is 1. The lowest BCUT2D eigenvalue weighted by atomic mass is 9.95. The Morgan fingerprint density at radius 2 is 2.03 bits per heavy atom. The van der Waals surface area contributed by atoms with Crippen LogP contribution in [-0.4, -0.2) is 39.1 Å². The minimum Gasteiger partial charge on any atom is -0.493 e. The van der Waals surface area contributed by atoms with Gasteiger partial charge in [0.25, 0.3) is 5.91 Å². The lowest BCUT2D eigenvalue weighted by molar-refractivity contribution is -0.150. The molecule has 0 N–H and O–H groups in total. The number of benzene rings is 2. The molecule has 170 valence electrons. The number of carbonyl (C=O) groups is 1. The van der Waals surface area contributed by atoms with Crippen LogP contribution in [0.25, 0.3) is 11.8 Å². The Morgan fingerprint density at radius 1 is 1.21 bits per heavy atom. The molecule has 2 aromatic carbocycles. The number of nitrogens with zero attached hydrogens (tertiary/aromatic N) is 3. The third kappa shape index (κ3) is 4.11. The van der Waals surface area contributed by atoms with E-state index < -0.39 is 11.4 Å². The quantitative estimate of drug-likeness (QED) is 0.540. The third-order valence-corrected chi connectivity index (χ3v) is 5.97. The van der Waals surface area contributed by atoms with Crippen LogP contribution in [0.3, 0.4) is 0 Å².